The Kier molecular flexibility index (Phi) is 6.05. The van der Waals surface area contributed by atoms with E-state index in [2.05, 4.69) is 26.1 Å². The zero-order valence-corrected chi connectivity index (χ0v) is 18.1. The number of halogens is 1. The van der Waals surface area contributed by atoms with Gasteiger partial charge < -0.3 is 15.6 Å². The predicted molar refractivity (Wildman–Crippen MR) is 120 cm³/mol. The number of hydrazine groups is 1. The van der Waals surface area contributed by atoms with E-state index in [0.29, 0.717) is 25.2 Å². The molecule has 3 aliphatic rings. The molecule has 168 valence electrons. The number of carbonyl (C=O) groups excluding carboxylic acids is 1. The van der Waals surface area contributed by atoms with Crippen LogP contribution in [0.4, 0.5) is 9.18 Å². The molecule has 1 aromatic carbocycles. The van der Waals surface area contributed by atoms with Gasteiger partial charge in [-0.3, -0.25) is 9.88 Å². The summed E-state index contributed by atoms with van der Waals surface area (Å²) in [5.41, 5.74) is 10.9. The van der Waals surface area contributed by atoms with E-state index < -0.39 is 0 Å². The number of nitrogens with zero attached hydrogens (tertiary/aromatic N) is 3. The second-order valence-corrected chi connectivity index (χ2v) is 8.77. The van der Waals surface area contributed by atoms with Crippen LogP contribution in [-0.4, -0.2) is 53.0 Å². The Morgan fingerprint density at radius 3 is 2.88 bits per heavy atom. The van der Waals surface area contributed by atoms with Crippen molar-refractivity contribution < 1.29 is 9.18 Å². The molecule has 0 bridgehead atoms. The number of nitrogens with one attached hydrogen (secondary N) is 3. The molecule has 0 radical (unpaired) electrons. The summed E-state index contributed by atoms with van der Waals surface area (Å²) < 4.78 is 14.0. The van der Waals surface area contributed by atoms with Gasteiger partial charge in [-0.2, -0.15) is 0 Å². The summed E-state index contributed by atoms with van der Waals surface area (Å²) in [7, 11) is 0. The average Bonchev–Trinajstić information content (AvgIpc) is 3.25. The first-order chi connectivity index (χ1) is 15.7. The number of pyridine rings is 1. The summed E-state index contributed by atoms with van der Waals surface area (Å²) in [6, 6.07) is 11.0. The zero-order valence-electron chi connectivity index (χ0n) is 18.1. The number of likely N-dealkylation sites (tertiary alicyclic amines) is 1. The minimum atomic E-state index is -0.168. The van der Waals surface area contributed by atoms with Crippen LogP contribution in [0.5, 0.6) is 0 Å². The molecule has 32 heavy (non-hydrogen) atoms. The highest BCUT2D eigenvalue weighted by molar-refractivity contribution is 5.75. The van der Waals surface area contributed by atoms with Gasteiger partial charge >= 0.3 is 6.03 Å². The molecule has 2 aromatic rings. The van der Waals surface area contributed by atoms with E-state index in [1.807, 2.05) is 29.2 Å². The van der Waals surface area contributed by atoms with Crippen molar-refractivity contribution in [2.45, 2.75) is 37.9 Å². The molecule has 2 atom stereocenters. The fourth-order valence-corrected chi connectivity index (χ4v) is 4.91. The Morgan fingerprint density at radius 1 is 1.19 bits per heavy atom. The first-order valence-corrected chi connectivity index (χ1v) is 11.3. The second-order valence-electron chi connectivity index (χ2n) is 8.77. The molecule has 0 spiro atoms. The Labute approximate surface area is 187 Å². The van der Waals surface area contributed by atoms with Crippen LogP contribution >= 0.6 is 0 Å². The number of rotatable bonds is 4. The van der Waals surface area contributed by atoms with Crippen molar-refractivity contribution in [2.75, 3.05) is 26.2 Å². The summed E-state index contributed by atoms with van der Waals surface area (Å²) in [4.78, 5) is 21.3. The Hall–Kier alpha value is -2.97. The van der Waals surface area contributed by atoms with Crippen LogP contribution in [0, 0.1) is 5.82 Å². The van der Waals surface area contributed by atoms with Gasteiger partial charge in [-0.1, -0.05) is 18.2 Å². The van der Waals surface area contributed by atoms with Gasteiger partial charge in [0.1, 0.15) is 5.82 Å². The highest BCUT2D eigenvalue weighted by Crippen LogP contribution is 2.31. The fourth-order valence-electron chi connectivity index (χ4n) is 4.91. The standard InChI is InChI=1S/C24H29FN6O/c25-21-6-2-1-4-18(21)14-30-12-3-5-19(15-30)27-24(32)31-13-9-22-20(16-31)23(29-28-22)17-7-10-26-11-8-17/h1-2,4,6-8,10-11,19,23,28-29H,3,5,9,12-16H2,(H,27,32)/t19-,23?/m1/s1. The van der Waals surface area contributed by atoms with Crippen LogP contribution in [0.15, 0.2) is 60.1 Å². The van der Waals surface area contributed by atoms with Crippen molar-refractivity contribution in [1.29, 1.82) is 0 Å². The van der Waals surface area contributed by atoms with Crippen molar-refractivity contribution in [2.24, 2.45) is 0 Å². The van der Waals surface area contributed by atoms with E-state index >= 15 is 0 Å². The SMILES string of the molecule is O=C(N[C@@H]1CCCN(Cc2ccccc2F)C1)N1CCC2=C(C1)C(c1ccncc1)NN2. The monoisotopic (exact) mass is 436 g/mol. The number of aromatic nitrogens is 1. The average molecular weight is 437 g/mol. The lowest BCUT2D eigenvalue weighted by Gasteiger charge is -2.35. The first kappa shape index (κ1) is 20.9. The molecule has 5 rings (SSSR count). The van der Waals surface area contributed by atoms with E-state index in [1.165, 1.54) is 17.3 Å². The Balaban J connectivity index is 1.19. The summed E-state index contributed by atoms with van der Waals surface area (Å²) in [6.07, 6.45) is 6.33. The van der Waals surface area contributed by atoms with Crippen LogP contribution in [0.2, 0.25) is 0 Å². The van der Waals surface area contributed by atoms with Crippen molar-refractivity contribution >= 4 is 6.03 Å². The molecule has 0 saturated carbocycles. The third-order valence-corrected chi connectivity index (χ3v) is 6.61. The molecule has 0 aliphatic carbocycles. The zero-order chi connectivity index (χ0) is 21.9. The minimum absolute atomic E-state index is 0.0188. The third-order valence-electron chi connectivity index (χ3n) is 6.61. The maximum atomic E-state index is 14.0. The fraction of sp³-hybridized carbons (Fsp3) is 0.417. The number of hydrogen-bond donors (Lipinski definition) is 3. The molecule has 8 heteroatoms. The van der Waals surface area contributed by atoms with Gasteiger partial charge in [-0.15, -0.1) is 0 Å². The molecule has 1 unspecified atom stereocenters. The second kappa shape index (κ2) is 9.26. The number of urea groups is 1. The lowest BCUT2D eigenvalue weighted by atomic mass is 9.96. The van der Waals surface area contributed by atoms with Crippen LogP contribution < -0.4 is 16.2 Å². The predicted octanol–water partition coefficient (Wildman–Crippen LogP) is 2.70. The molecule has 1 aromatic heterocycles. The molecule has 7 nitrogen and oxygen atoms in total. The molecule has 4 heterocycles. The normalized spacial score (nSPS) is 23.6. The quantitative estimate of drug-likeness (QED) is 0.688. The van der Waals surface area contributed by atoms with Gasteiger partial charge in [0, 0.05) is 62.3 Å². The van der Waals surface area contributed by atoms with E-state index in [1.54, 1.807) is 18.5 Å². The molecule has 1 saturated heterocycles. The maximum Gasteiger partial charge on any atom is 0.317 e. The summed E-state index contributed by atoms with van der Waals surface area (Å²) in [6.45, 7) is 3.52. The van der Waals surface area contributed by atoms with Gasteiger partial charge in [-0.25, -0.2) is 14.6 Å². The van der Waals surface area contributed by atoms with E-state index in [0.717, 1.165) is 37.9 Å². The number of benzene rings is 1. The maximum absolute atomic E-state index is 14.0. The van der Waals surface area contributed by atoms with Gasteiger partial charge in [0.15, 0.2) is 0 Å². The van der Waals surface area contributed by atoms with Crippen LogP contribution in [-0.2, 0) is 6.54 Å². The van der Waals surface area contributed by atoms with Gasteiger partial charge in [0.25, 0.3) is 0 Å². The lowest BCUT2D eigenvalue weighted by Crippen LogP contribution is -2.52. The summed E-state index contributed by atoms with van der Waals surface area (Å²) in [5.74, 6) is -0.168. The largest absolute Gasteiger partial charge is 0.334 e. The lowest BCUT2D eigenvalue weighted by molar-refractivity contribution is 0.163. The minimum Gasteiger partial charge on any atom is -0.334 e. The highest BCUT2D eigenvalue weighted by Gasteiger charge is 2.33. The number of carbonyl (C=O) groups is 1. The molecular formula is C24H29FN6O. The van der Waals surface area contributed by atoms with Gasteiger partial charge in [0.2, 0.25) is 0 Å². The molecule has 2 amide bonds. The molecule has 3 aliphatic heterocycles. The topological polar surface area (TPSA) is 72.5 Å². The molecular weight excluding hydrogens is 407 g/mol. The van der Waals surface area contributed by atoms with Crippen molar-refractivity contribution in [3.05, 3.63) is 77.0 Å². The summed E-state index contributed by atoms with van der Waals surface area (Å²) >= 11 is 0. The van der Waals surface area contributed by atoms with Crippen LogP contribution in [0.1, 0.15) is 36.4 Å². The van der Waals surface area contributed by atoms with E-state index in [9.17, 15) is 9.18 Å². The van der Waals surface area contributed by atoms with Crippen molar-refractivity contribution in [1.82, 2.24) is 31.0 Å². The first-order valence-electron chi connectivity index (χ1n) is 11.3. The smallest absolute Gasteiger partial charge is 0.317 e. The number of hydrogen-bond acceptors (Lipinski definition) is 5. The van der Waals surface area contributed by atoms with Crippen LogP contribution in [0.25, 0.3) is 0 Å². The van der Waals surface area contributed by atoms with E-state index in [-0.39, 0.29) is 23.9 Å². The van der Waals surface area contributed by atoms with Crippen LogP contribution in [0.3, 0.4) is 0 Å². The highest BCUT2D eigenvalue weighted by atomic mass is 19.1. The van der Waals surface area contributed by atoms with E-state index in [4.69, 9.17) is 0 Å². The Morgan fingerprint density at radius 2 is 2.03 bits per heavy atom. The van der Waals surface area contributed by atoms with Crippen molar-refractivity contribution in [3.63, 3.8) is 0 Å². The van der Waals surface area contributed by atoms with Gasteiger partial charge in [-0.05, 0) is 48.7 Å². The van der Waals surface area contributed by atoms with Gasteiger partial charge in [0.05, 0.1) is 6.04 Å². The third kappa shape index (κ3) is 4.47. The number of piperidine rings is 1. The Bertz CT molecular complexity index is 997. The summed E-state index contributed by atoms with van der Waals surface area (Å²) in [5, 5.41) is 3.23. The molecule has 3 N–H and O–H groups in total. The molecule has 1 fully saturated rings. The van der Waals surface area contributed by atoms with Crippen molar-refractivity contribution in [3.8, 4) is 0 Å². The number of amides is 2.